The first-order chi connectivity index (χ1) is 6.04. The van der Waals surface area contributed by atoms with Crippen LogP contribution in [0, 0.1) is 0 Å². The largest absolute Gasteiger partial charge is 0.479 e. The Morgan fingerprint density at radius 3 is 2.38 bits per heavy atom. The molecule has 1 aliphatic heterocycles. The summed E-state index contributed by atoms with van der Waals surface area (Å²) < 4.78 is 0. The van der Waals surface area contributed by atoms with Crippen molar-refractivity contribution in [3.63, 3.8) is 0 Å². The SMILES string of the molecule is CC[C@]1(C(=O)O)CCCN1C(=O)O. The van der Waals surface area contributed by atoms with E-state index in [0.717, 1.165) is 4.90 Å². The fourth-order valence-electron chi connectivity index (χ4n) is 1.90. The molecule has 1 amide bonds. The number of aliphatic carboxylic acids is 1. The van der Waals surface area contributed by atoms with E-state index in [0.29, 0.717) is 25.8 Å². The van der Waals surface area contributed by atoms with Gasteiger partial charge in [-0.2, -0.15) is 0 Å². The van der Waals surface area contributed by atoms with Crippen LogP contribution in [0.1, 0.15) is 26.2 Å². The maximum Gasteiger partial charge on any atom is 0.408 e. The summed E-state index contributed by atoms with van der Waals surface area (Å²) in [6.07, 6.45) is 0.244. The summed E-state index contributed by atoms with van der Waals surface area (Å²) in [6.45, 7) is 2.03. The van der Waals surface area contributed by atoms with E-state index in [4.69, 9.17) is 10.2 Å². The second-order valence-electron chi connectivity index (χ2n) is 3.23. The van der Waals surface area contributed by atoms with Crippen molar-refractivity contribution in [3.05, 3.63) is 0 Å². The minimum Gasteiger partial charge on any atom is -0.479 e. The van der Waals surface area contributed by atoms with E-state index in [1.54, 1.807) is 6.92 Å². The van der Waals surface area contributed by atoms with E-state index >= 15 is 0 Å². The lowest BCUT2D eigenvalue weighted by molar-refractivity contribution is -0.148. The van der Waals surface area contributed by atoms with Crippen LogP contribution < -0.4 is 0 Å². The van der Waals surface area contributed by atoms with Crippen LogP contribution in [0.25, 0.3) is 0 Å². The molecule has 0 saturated carbocycles. The molecule has 1 aliphatic rings. The number of likely N-dealkylation sites (tertiary alicyclic amines) is 1. The Balaban J connectivity index is 2.96. The molecule has 0 aromatic carbocycles. The van der Waals surface area contributed by atoms with Gasteiger partial charge in [0.05, 0.1) is 0 Å². The van der Waals surface area contributed by atoms with Crippen LogP contribution >= 0.6 is 0 Å². The topological polar surface area (TPSA) is 77.8 Å². The highest BCUT2D eigenvalue weighted by Crippen LogP contribution is 2.32. The Morgan fingerprint density at radius 2 is 2.08 bits per heavy atom. The minimum absolute atomic E-state index is 0.328. The monoisotopic (exact) mass is 187 g/mol. The highest BCUT2D eigenvalue weighted by Gasteiger charge is 2.48. The molecule has 1 heterocycles. The lowest BCUT2D eigenvalue weighted by atomic mass is 9.93. The van der Waals surface area contributed by atoms with Gasteiger partial charge in [0, 0.05) is 6.54 Å². The predicted octanol–water partition coefficient (Wildman–Crippen LogP) is 0.994. The Kier molecular flexibility index (Phi) is 2.45. The molecule has 1 fully saturated rings. The average Bonchev–Trinajstić information content (AvgIpc) is 2.48. The number of hydrogen-bond donors (Lipinski definition) is 2. The van der Waals surface area contributed by atoms with Crippen LogP contribution in [0.4, 0.5) is 4.79 Å². The quantitative estimate of drug-likeness (QED) is 0.675. The fraction of sp³-hybridized carbons (Fsp3) is 0.750. The van der Waals surface area contributed by atoms with Crippen LogP contribution in [0.15, 0.2) is 0 Å². The summed E-state index contributed by atoms with van der Waals surface area (Å²) in [5.41, 5.74) is -1.17. The van der Waals surface area contributed by atoms with Crippen LogP contribution in [0.2, 0.25) is 0 Å². The molecule has 0 spiro atoms. The van der Waals surface area contributed by atoms with Gasteiger partial charge in [0.2, 0.25) is 0 Å². The molecule has 5 nitrogen and oxygen atoms in total. The van der Waals surface area contributed by atoms with Crippen LogP contribution in [-0.2, 0) is 4.79 Å². The fourth-order valence-corrected chi connectivity index (χ4v) is 1.90. The Morgan fingerprint density at radius 1 is 1.46 bits per heavy atom. The van der Waals surface area contributed by atoms with Crippen molar-refractivity contribution >= 4 is 12.1 Å². The van der Waals surface area contributed by atoms with Gasteiger partial charge in [-0.3, -0.25) is 4.90 Å². The summed E-state index contributed by atoms with van der Waals surface area (Å²) in [7, 11) is 0. The normalized spacial score (nSPS) is 27.6. The maximum absolute atomic E-state index is 11.0. The highest BCUT2D eigenvalue weighted by molar-refractivity contribution is 5.84. The predicted molar refractivity (Wildman–Crippen MR) is 44.6 cm³/mol. The Hall–Kier alpha value is -1.26. The number of carboxylic acids is 1. The molecule has 1 atom stereocenters. The highest BCUT2D eigenvalue weighted by atomic mass is 16.4. The van der Waals surface area contributed by atoms with Crippen molar-refractivity contribution in [2.45, 2.75) is 31.7 Å². The van der Waals surface area contributed by atoms with Gasteiger partial charge in [-0.15, -0.1) is 0 Å². The third-order valence-electron chi connectivity index (χ3n) is 2.70. The lowest BCUT2D eigenvalue weighted by Crippen LogP contribution is -2.52. The zero-order valence-corrected chi connectivity index (χ0v) is 7.49. The number of hydrogen-bond acceptors (Lipinski definition) is 2. The molecular weight excluding hydrogens is 174 g/mol. The second kappa shape index (κ2) is 3.24. The Bertz CT molecular complexity index is 240. The first-order valence-electron chi connectivity index (χ1n) is 4.28. The molecule has 0 aromatic heterocycles. The van der Waals surface area contributed by atoms with Crippen LogP contribution in [-0.4, -0.2) is 39.3 Å². The van der Waals surface area contributed by atoms with Crippen molar-refractivity contribution < 1.29 is 19.8 Å². The number of amides is 1. The molecule has 0 radical (unpaired) electrons. The molecule has 0 aromatic rings. The van der Waals surface area contributed by atoms with Crippen molar-refractivity contribution in [3.8, 4) is 0 Å². The standard InChI is InChI=1S/C8H13NO4/c1-2-8(6(10)11)4-3-5-9(8)7(12)13/h2-5H2,1H3,(H,10,11)(H,12,13)/t8-/m1/s1. The molecule has 1 saturated heterocycles. The summed E-state index contributed by atoms with van der Waals surface area (Å²) in [4.78, 5) is 22.7. The smallest absolute Gasteiger partial charge is 0.408 e. The Labute approximate surface area is 76.0 Å². The van der Waals surface area contributed by atoms with Crippen LogP contribution in [0.5, 0.6) is 0 Å². The zero-order chi connectivity index (χ0) is 10.1. The van der Waals surface area contributed by atoms with Crippen LogP contribution in [0.3, 0.4) is 0 Å². The first kappa shape index (κ1) is 9.83. The molecule has 0 bridgehead atoms. The van der Waals surface area contributed by atoms with E-state index in [1.807, 2.05) is 0 Å². The third kappa shape index (κ3) is 1.34. The third-order valence-corrected chi connectivity index (χ3v) is 2.70. The summed E-state index contributed by atoms with van der Waals surface area (Å²) in [5.74, 6) is -1.03. The van der Waals surface area contributed by atoms with E-state index in [1.165, 1.54) is 0 Å². The summed E-state index contributed by atoms with van der Waals surface area (Å²) >= 11 is 0. The first-order valence-corrected chi connectivity index (χ1v) is 4.28. The number of carbonyl (C=O) groups is 2. The molecule has 74 valence electrons. The summed E-state index contributed by atoms with van der Waals surface area (Å²) in [6, 6.07) is 0. The van der Waals surface area contributed by atoms with Gasteiger partial charge in [-0.1, -0.05) is 6.92 Å². The average molecular weight is 187 g/mol. The van der Waals surface area contributed by atoms with Gasteiger partial charge >= 0.3 is 12.1 Å². The van der Waals surface area contributed by atoms with E-state index < -0.39 is 17.6 Å². The van der Waals surface area contributed by atoms with Gasteiger partial charge in [0.1, 0.15) is 5.54 Å². The van der Waals surface area contributed by atoms with Crippen molar-refractivity contribution in [1.82, 2.24) is 4.90 Å². The minimum atomic E-state index is -1.17. The molecular formula is C8H13NO4. The van der Waals surface area contributed by atoms with Crippen molar-refractivity contribution in [2.75, 3.05) is 6.54 Å². The van der Waals surface area contributed by atoms with Gasteiger partial charge in [0.15, 0.2) is 0 Å². The number of nitrogens with zero attached hydrogens (tertiary/aromatic N) is 1. The molecule has 2 N–H and O–H groups in total. The number of rotatable bonds is 2. The molecule has 0 unspecified atom stereocenters. The van der Waals surface area contributed by atoms with Gasteiger partial charge in [-0.25, -0.2) is 9.59 Å². The van der Waals surface area contributed by atoms with Crippen molar-refractivity contribution in [2.24, 2.45) is 0 Å². The second-order valence-corrected chi connectivity index (χ2v) is 3.23. The maximum atomic E-state index is 11.0. The number of carboxylic acid groups (broad SMARTS) is 2. The molecule has 13 heavy (non-hydrogen) atoms. The lowest BCUT2D eigenvalue weighted by Gasteiger charge is -2.31. The van der Waals surface area contributed by atoms with Gasteiger partial charge in [-0.05, 0) is 19.3 Å². The molecule has 0 aliphatic carbocycles. The van der Waals surface area contributed by atoms with Crippen molar-refractivity contribution in [1.29, 1.82) is 0 Å². The van der Waals surface area contributed by atoms with E-state index in [9.17, 15) is 9.59 Å². The van der Waals surface area contributed by atoms with E-state index in [2.05, 4.69) is 0 Å². The molecule has 1 rings (SSSR count). The van der Waals surface area contributed by atoms with Gasteiger partial charge in [0.25, 0.3) is 0 Å². The molecule has 5 heteroatoms. The van der Waals surface area contributed by atoms with Gasteiger partial charge < -0.3 is 10.2 Å². The zero-order valence-electron chi connectivity index (χ0n) is 7.49. The van der Waals surface area contributed by atoms with E-state index in [-0.39, 0.29) is 0 Å². The summed E-state index contributed by atoms with van der Waals surface area (Å²) in [5, 5.41) is 17.8.